The lowest BCUT2D eigenvalue weighted by Crippen LogP contribution is -2.45. The van der Waals surface area contributed by atoms with Crippen LogP contribution in [0.2, 0.25) is 0 Å². The third-order valence-electron chi connectivity index (χ3n) is 3.52. The fourth-order valence-electron chi connectivity index (χ4n) is 2.78. The van der Waals surface area contributed by atoms with Gasteiger partial charge in [0.15, 0.2) is 6.61 Å². The first-order valence-electron chi connectivity index (χ1n) is 6.79. The van der Waals surface area contributed by atoms with Gasteiger partial charge in [-0.15, -0.1) is 0 Å². The van der Waals surface area contributed by atoms with E-state index in [-0.39, 0.29) is 24.7 Å². The lowest BCUT2D eigenvalue weighted by atomic mass is 10.1. The molecule has 3 N–H and O–H groups in total. The van der Waals surface area contributed by atoms with E-state index in [1.807, 2.05) is 19.9 Å². The zero-order chi connectivity index (χ0) is 14.3. The molecule has 0 unspecified atom stereocenters. The first kappa shape index (κ1) is 13.1. The maximum Gasteiger partial charge on any atom is 0.262 e. The number of carbonyl (C=O) groups is 1. The molecule has 20 heavy (non-hydrogen) atoms. The number of nitrogen functional groups attached to an aromatic ring is 1. The normalized spacial score (nSPS) is 25.7. The summed E-state index contributed by atoms with van der Waals surface area (Å²) in [7, 11) is 0. The number of anilines is 3. The Morgan fingerprint density at radius 2 is 2.00 bits per heavy atom. The number of morpholine rings is 1. The molecule has 3 rings (SSSR count). The summed E-state index contributed by atoms with van der Waals surface area (Å²) in [4.78, 5) is 13.6. The van der Waals surface area contributed by atoms with E-state index in [4.69, 9.17) is 15.2 Å². The molecule has 6 nitrogen and oxygen atoms in total. The Labute approximate surface area is 117 Å². The molecule has 1 saturated heterocycles. The van der Waals surface area contributed by atoms with E-state index in [2.05, 4.69) is 10.2 Å². The Morgan fingerprint density at radius 1 is 1.30 bits per heavy atom. The summed E-state index contributed by atoms with van der Waals surface area (Å²) in [6.45, 7) is 5.69. The molecule has 6 heteroatoms. The predicted octanol–water partition coefficient (Wildman–Crippen LogP) is 1.21. The Balaban J connectivity index is 1.93. The second-order valence-electron chi connectivity index (χ2n) is 5.41. The fourth-order valence-corrected chi connectivity index (χ4v) is 2.78. The molecule has 2 aliphatic heterocycles. The van der Waals surface area contributed by atoms with Crippen LogP contribution in [0.3, 0.4) is 0 Å². The maximum absolute atomic E-state index is 11.4. The molecule has 0 aliphatic carbocycles. The van der Waals surface area contributed by atoms with Crippen LogP contribution in [0.25, 0.3) is 0 Å². The summed E-state index contributed by atoms with van der Waals surface area (Å²) >= 11 is 0. The number of hydrogen-bond donors (Lipinski definition) is 2. The maximum atomic E-state index is 11.4. The minimum absolute atomic E-state index is 0.0391. The molecule has 0 bridgehead atoms. The summed E-state index contributed by atoms with van der Waals surface area (Å²) in [6.07, 6.45) is 0.306. The number of ether oxygens (including phenoxy) is 2. The third-order valence-corrected chi connectivity index (χ3v) is 3.52. The van der Waals surface area contributed by atoms with E-state index in [0.717, 1.165) is 18.8 Å². The van der Waals surface area contributed by atoms with Crippen molar-refractivity contribution in [2.75, 3.05) is 35.6 Å². The van der Waals surface area contributed by atoms with E-state index in [1.165, 1.54) is 0 Å². The molecule has 0 saturated carbocycles. The lowest BCUT2D eigenvalue weighted by molar-refractivity contribution is -0.118. The second-order valence-corrected chi connectivity index (χ2v) is 5.41. The molecule has 1 fully saturated rings. The van der Waals surface area contributed by atoms with Crippen molar-refractivity contribution in [3.63, 3.8) is 0 Å². The van der Waals surface area contributed by atoms with Crippen molar-refractivity contribution in [3.8, 4) is 5.75 Å². The van der Waals surface area contributed by atoms with Crippen LogP contribution in [-0.4, -0.2) is 37.8 Å². The smallest absolute Gasteiger partial charge is 0.262 e. The molecule has 0 radical (unpaired) electrons. The Bertz CT molecular complexity index is 537. The first-order valence-corrected chi connectivity index (χ1v) is 6.79. The number of amides is 1. The van der Waals surface area contributed by atoms with Gasteiger partial charge in [0.2, 0.25) is 0 Å². The lowest BCUT2D eigenvalue weighted by Gasteiger charge is -2.37. The number of rotatable bonds is 1. The van der Waals surface area contributed by atoms with Gasteiger partial charge in [-0.05, 0) is 19.9 Å². The van der Waals surface area contributed by atoms with Crippen molar-refractivity contribution in [2.45, 2.75) is 26.1 Å². The van der Waals surface area contributed by atoms with Crippen LogP contribution in [0.1, 0.15) is 13.8 Å². The number of carbonyl (C=O) groups excluding carboxylic acids is 1. The molecule has 0 aromatic heterocycles. The van der Waals surface area contributed by atoms with Crippen LogP contribution in [0.4, 0.5) is 17.1 Å². The summed E-state index contributed by atoms with van der Waals surface area (Å²) in [5.74, 6) is 0.483. The van der Waals surface area contributed by atoms with E-state index in [9.17, 15) is 4.79 Å². The number of hydrogen-bond acceptors (Lipinski definition) is 5. The zero-order valence-electron chi connectivity index (χ0n) is 11.7. The highest BCUT2D eigenvalue weighted by Crippen LogP contribution is 2.37. The van der Waals surface area contributed by atoms with Gasteiger partial charge in [-0.1, -0.05) is 0 Å². The quantitative estimate of drug-likeness (QED) is 0.755. The van der Waals surface area contributed by atoms with Crippen LogP contribution >= 0.6 is 0 Å². The minimum Gasteiger partial charge on any atom is -0.482 e. The molecule has 2 aliphatic rings. The SMILES string of the molecule is C[C@@H]1CN(c2cc3c(cc2N)OCC(=O)N3)C[C@H](C)O1. The average molecular weight is 277 g/mol. The number of nitrogens with zero attached hydrogens (tertiary/aromatic N) is 1. The van der Waals surface area contributed by atoms with Gasteiger partial charge in [-0.25, -0.2) is 0 Å². The predicted molar refractivity (Wildman–Crippen MR) is 77.2 cm³/mol. The molecule has 1 aromatic rings. The fraction of sp³-hybridized carbons (Fsp3) is 0.500. The van der Waals surface area contributed by atoms with Crippen LogP contribution in [-0.2, 0) is 9.53 Å². The number of fused-ring (bicyclic) bond motifs is 1. The van der Waals surface area contributed by atoms with Crippen molar-refractivity contribution in [3.05, 3.63) is 12.1 Å². The van der Waals surface area contributed by atoms with Crippen LogP contribution < -0.4 is 20.7 Å². The van der Waals surface area contributed by atoms with Crippen molar-refractivity contribution in [1.29, 1.82) is 0 Å². The second kappa shape index (κ2) is 4.86. The molecule has 0 spiro atoms. The van der Waals surface area contributed by atoms with E-state index in [0.29, 0.717) is 17.1 Å². The molecule has 2 atom stereocenters. The average Bonchev–Trinajstić information content (AvgIpc) is 2.37. The van der Waals surface area contributed by atoms with Crippen molar-refractivity contribution in [1.82, 2.24) is 0 Å². The standard InChI is InChI=1S/C14H19N3O3/c1-8-5-17(6-9(2)20-8)12-4-11-13(3-10(12)15)19-7-14(18)16-11/h3-4,8-9H,5-7,15H2,1-2H3,(H,16,18)/t8-,9+. The Morgan fingerprint density at radius 3 is 2.70 bits per heavy atom. The van der Waals surface area contributed by atoms with Crippen LogP contribution in [0.5, 0.6) is 5.75 Å². The molecule has 108 valence electrons. The highest BCUT2D eigenvalue weighted by molar-refractivity contribution is 5.97. The Kier molecular flexibility index (Phi) is 3.17. The molecular weight excluding hydrogens is 258 g/mol. The van der Waals surface area contributed by atoms with Crippen LogP contribution in [0.15, 0.2) is 12.1 Å². The van der Waals surface area contributed by atoms with Gasteiger partial charge in [-0.2, -0.15) is 0 Å². The van der Waals surface area contributed by atoms with Gasteiger partial charge in [-0.3, -0.25) is 4.79 Å². The minimum atomic E-state index is -0.142. The first-order chi connectivity index (χ1) is 9.52. The topological polar surface area (TPSA) is 76.8 Å². The van der Waals surface area contributed by atoms with Crippen LogP contribution in [0, 0.1) is 0 Å². The largest absolute Gasteiger partial charge is 0.482 e. The summed E-state index contributed by atoms with van der Waals surface area (Å²) in [6, 6.07) is 3.65. The molecule has 1 amide bonds. The van der Waals surface area contributed by atoms with Crippen molar-refractivity contribution < 1.29 is 14.3 Å². The van der Waals surface area contributed by atoms with E-state index < -0.39 is 0 Å². The van der Waals surface area contributed by atoms with Gasteiger partial charge in [0.25, 0.3) is 5.91 Å². The molecule has 2 heterocycles. The molecule has 1 aromatic carbocycles. The zero-order valence-corrected chi connectivity index (χ0v) is 11.7. The summed E-state index contributed by atoms with van der Waals surface area (Å²) in [5.41, 5.74) is 8.37. The number of nitrogens with two attached hydrogens (primary N) is 1. The van der Waals surface area contributed by atoms with Gasteiger partial charge in [0.1, 0.15) is 5.75 Å². The highest BCUT2D eigenvalue weighted by atomic mass is 16.5. The molecular formula is C14H19N3O3. The monoisotopic (exact) mass is 277 g/mol. The van der Waals surface area contributed by atoms with Gasteiger partial charge < -0.3 is 25.4 Å². The van der Waals surface area contributed by atoms with Crippen molar-refractivity contribution >= 4 is 23.0 Å². The van der Waals surface area contributed by atoms with E-state index >= 15 is 0 Å². The number of benzene rings is 1. The van der Waals surface area contributed by atoms with Gasteiger partial charge >= 0.3 is 0 Å². The highest BCUT2D eigenvalue weighted by Gasteiger charge is 2.26. The third kappa shape index (κ3) is 2.38. The van der Waals surface area contributed by atoms with Gasteiger partial charge in [0, 0.05) is 19.2 Å². The number of nitrogens with one attached hydrogen (secondary N) is 1. The Hall–Kier alpha value is -1.95. The van der Waals surface area contributed by atoms with Crippen molar-refractivity contribution in [2.24, 2.45) is 0 Å². The van der Waals surface area contributed by atoms with Gasteiger partial charge in [0.05, 0.1) is 29.3 Å². The summed E-state index contributed by atoms with van der Waals surface area (Å²) < 4.78 is 11.1. The van der Waals surface area contributed by atoms with E-state index in [1.54, 1.807) is 6.07 Å². The summed E-state index contributed by atoms with van der Waals surface area (Å²) in [5, 5.41) is 2.81.